The topological polar surface area (TPSA) is 45.2 Å². The number of carbonyl (C=O) groups is 1. The normalized spacial score (nSPS) is 32.2. The summed E-state index contributed by atoms with van der Waals surface area (Å²) in [7, 11) is 0. The third-order valence-corrected chi connectivity index (χ3v) is 8.84. The van der Waals surface area contributed by atoms with Gasteiger partial charge in [-0.3, -0.25) is 4.79 Å². The van der Waals surface area contributed by atoms with Crippen molar-refractivity contribution in [2.24, 2.45) is 11.8 Å². The summed E-state index contributed by atoms with van der Waals surface area (Å²) in [6, 6.07) is 15.4. The Balaban J connectivity index is 1.28. The highest BCUT2D eigenvalue weighted by atomic mass is 35.5. The first kappa shape index (κ1) is 20.7. The summed E-state index contributed by atoms with van der Waals surface area (Å²) in [5, 5.41) is 4.16. The van der Waals surface area contributed by atoms with Gasteiger partial charge >= 0.3 is 0 Å². The zero-order valence-corrected chi connectivity index (χ0v) is 19.4. The SMILES string of the molecule is O=C([C@@H]1CNC[C@]12CCCc1nc(Cl)ccc12)N1CCC(c2ccccc2)CC1C1CC1. The molecule has 1 N–H and O–H groups in total. The Hall–Kier alpha value is -1.91. The van der Waals surface area contributed by atoms with Crippen LogP contribution >= 0.6 is 11.6 Å². The highest BCUT2D eigenvalue weighted by molar-refractivity contribution is 6.29. The van der Waals surface area contributed by atoms with E-state index in [0.717, 1.165) is 57.4 Å². The van der Waals surface area contributed by atoms with Crippen LogP contribution in [0.4, 0.5) is 0 Å². The number of aromatic nitrogens is 1. The number of pyridine rings is 1. The van der Waals surface area contributed by atoms with Gasteiger partial charge in [0.05, 0.1) is 5.92 Å². The summed E-state index contributed by atoms with van der Waals surface area (Å²) in [6.07, 6.45) is 7.83. The van der Waals surface area contributed by atoms with E-state index in [1.54, 1.807) is 0 Å². The van der Waals surface area contributed by atoms with Gasteiger partial charge in [0.2, 0.25) is 5.91 Å². The van der Waals surface area contributed by atoms with E-state index >= 15 is 0 Å². The van der Waals surface area contributed by atoms with E-state index in [1.807, 2.05) is 6.07 Å². The smallest absolute Gasteiger partial charge is 0.228 e. The van der Waals surface area contributed by atoms with Gasteiger partial charge in [-0.15, -0.1) is 0 Å². The summed E-state index contributed by atoms with van der Waals surface area (Å²) in [4.78, 5) is 21.1. The molecule has 1 spiro atoms. The zero-order valence-electron chi connectivity index (χ0n) is 18.6. The maximum atomic E-state index is 14.2. The molecule has 2 aromatic rings. The number of likely N-dealkylation sites (tertiary alicyclic amines) is 1. The van der Waals surface area contributed by atoms with Crippen molar-refractivity contribution in [3.8, 4) is 0 Å². The number of hydrogen-bond acceptors (Lipinski definition) is 3. The van der Waals surface area contributed by atoms with Crippen molar-refractivity contribution in [2.45, 2.75) is 62.3 Å². The maximum absolute atomic E-state index is 14.2. The van der Waals surface area contributed by atoms with Gasteiger partial charge in [0.1, 0.15) is 5.15 Å². The Bertz CT molecular complexity index is 1010. The minimum absolute atomic E-state index is 0.000879. The minimum atomic E-state index is -0.132. The van der Waals surface area contributed by atoms with Gasteiger partial charge in [-0.2, -0.15) is 0 Å². The van der Waals surface area contributed by atoms with E-state index in [2.05, 4.69) is 51.6 Å². The molecule has 2 saturated heterocycles. The van der Waals surface area contributed by atoms with Crippen molar-refractivity contribution < 1.29 is 4.79 Å². The first-order chi connectivity index (χ1) is 15.7. The highest BCUT2D eigenvalue weighted by Gasteiger charge is 2.53. The lowest BCUT2D eigenvalue weighted by Crippen LogP contribution is -2.53. The molecule has 1 saturated carbocycles. The van der Waals surface area contributed by atoms with E-state index < -0.39 is 0 Å². The summed E-state index contributed by atoms with van der Waals surface area (Å²) in [6.45, 7) is 2.53. The fourth-order valence-corrected chi connectivity index (χ4v) is 7.04. The lowest BCUT2D eigenvalue weighted by molar-refractivity contribution is -0.141. The molecular formula is C27H32ClN3O. The molecule has 0 bridgehead atoms. The predicted octanol–water partition coefficient (Wildman–Crippen LogP) is 4.71. The molecular weight excluding hydrogens is 418 g/mol. The summed E-state index contributed by atoms with van der Waals surface area (Å²) >= 11 is 6.22. The molecule has 5 heteroatoms. The first-order valence-corrected chi connectivity index (χ1v) is 12.8. The van der Waals surface area contributed by atoms with Crippen molar-refractivity contribution >= 4 is 17.5 Å². The molecule has 0 radical (unpaired) electrons. The van der Waals surface area contributed by atoms with E-state index in [0.29, 0.717) is 28.9 Å². The van der Waals surface area contributed by atoms with Crippen molar-refractivity contribution in [3.63, 3.8) is 0 Å². The third kappa shape index (κ3) is 3.47. The van der Waals surface area contributed by atoms with Crippen LogP contribution in [0.2, 0.25) is 5.15 Å². The summed E-state index contributed by atoms with van der Waals surface area (Å²) in [5.41, 5.74) is 3.67. The molecule has 32 heavy (non-hydrogen) atoms. The van der Waals surface area contributed by atoms with Crippen molar-refractivity contribution in [1.29, 1.82) is 0 Å². The van der Waals surface area contributed by atoms with Gasteiger partial charge in [0.25, 0.3) is 0 Å². The molecule has 4 nitrogen and oxygen atoms in total. The number of fused-ring (bicyclic) bond motifs is 2. The largest absolute Gasteiger partial charge is 0.339 e. The van der Waals surface area contributed by atoms with Crippen molar-refractivity contribution in [3.05, 3.63) is 64.4 Å². The van der Waals surface area contributed by atoms with Crippen LogP contribution in [-0.2, 0) is 16.6 Å². The number of hydrogen-bond donors (Lipinski definition) is 1. The standard InChI is InChI=1S/C27H32ClN3O/c28-25-11-10-21-23(30-25)7-4-13-27(21)17-29-16-22(27)26(32)31-14-12-20(15-24(31)19-8-9-19)18-5-2-1-3-6-18/h1-3,5-6,10-11,19-20,22,24,29H,4,7-9,12-17H2/t20?,22-,24?,27-/m0/s1. The van der Waals surface area contributed by atoms with Gasteiger partial charge < -0.3 is 10.2 Å². The second kappa shape index (κ2) is 8.14. The molecule has 3 heterocycles. The number of rotatable bonds is 3. The second-order valence-corrected chi connectivity index (χ2v) is 10.8. The lowest BCUT2D eigenvalue weighted by atomic mass is 9.65. The van der Waals surface area contributed by atoms with Gasteiger partial charge in [-0.25, -0.2) is 4.98 Å². The maximum Gasteiger partial charge on any atom is 0.228 e. The summed E-state index contributed by atoms with van der Waals surface area (Å²) < 4.78 is 0. The molecule has 4 aliphatic rings. The molecule has 2 unspecified atom stereocenters. The average molecular weight is 450 g/mol. The van der Waals surface area contributed by atoms with Gasteiger partial charge in [-0.1, -0.05) is 48.0 Å². The van der Waals surface area contributed by atoms with Crippen LogP contribution < -0.4 is 5.32 Å². The lowest BCUT2D eigenvalue weighted by Gasteiger charge is -2.45. The van der Waals surface area contributed by atoms with Gasteiger partial charge in [0.15, 0.2) is 0 Å². The molecule has 2 aliphatic heterocycles. The van der Waals surface area contributed by atoms with Crippen LogP contribution in [0.1, 0.15) is 61.3 Å². The molecule has 4 atom stereocenters. The van der Waals surface area contributed by atoms with Crippen LogP contribution in [0.25, 0.3) is 0 Å². The van der Waals surface area contributed by atoms with Gasteiger partial charge in [-0.05, 0) is 74.0 Å². The molecule has 1 aromatic heterocycles. The number of halogens is 1. The number of benzene rings is 1. The number of aryl methyl sites for hydroxylation is 1. The molecule has 2 aliphatic carbocycles. The fraction of sp³-hybridized carbons (Fsp3) is 0.556. The number of piperidine rings is 1. The van der Waals surface area contributed by atoms with E-state index in [1.165, 1.54) is 24.0 Å². The van der Waals surface area contributed by atoms with Crippen LogP contribution in [0.3, 0.4) is 0 Å². The summed E-state index contributed by atoms with van der Waals surface area (Å²) in [5.74, 6) is 1.64. The molecule has 168 valence electrons. The first-order valence-electron chi connectivity index (χ1n) is 12.4. The molecule has 1 aromatic carbocycles. The van der Waals surface area contributed by atoms with Crippen molar-refractivity contribution in [1.82, 2.24) is 15.2 Å². The predicted molar refractivity (Wildman–Crippen MR) is 127 cm³/mol. The van der Waals surface area contributed by atoms with Crippen LogP contribution in [0.15, 0.2) is 42.5 Å². The van der Waals surface area contributed by atoms with Gasteiger partial charge in [0, 0.05) is 36.8 Å². The molecule has 6 rings (SSSR count). The van der Waals surface area contributed by atoms with E-state index in [9.17, 15) is 4.79 Å². The Morgan fingerprint density at radius 3 is 2.78 bits per heavy atom. The van der Waals surface area contributed by atoms with Crippen LogP contribution in [0.5, 0.6) is 0 Å². The third-order valence-electron chi connectivity index (χ3n) is 8.63. The quantitative estimate of drug-likeness (QED) is 0.690. The number of carbonyl (C=O) groups excluding carboxylic acids is 1. The molecule has 3 fully saturated rings. The fourth-order valence-electron chi connectivity index (χ4n) is 6.88. The van der Waals surface area contributed by atoms with E-state index in [4.69, 9.17) is 11.6 Å². The Kier molecular flexibility index (Phi) is 5.26. The Morgan fingerprint density at radius 2 is 1.97 bits per heavy atom. The van der Waals surface area contributed by atoms with Crippen LogP contribution in [-0.4, -0.2) is 41.5 Å². The molecule has 1 amide bonds. The minimum Gasteiger partial charge on any atom is -0.339 e. The second-order valence-electron chi connectivity index (χ2n) is 10.4. The number of nitrogens with zero attached hydrogens (tertiary/aromatic N) is 2. The Morgan fingerprint density at radius 1 is 1.12 bits per heavy atom. The average Bonchev–Trinajstić information content (AvgIpc) is 3.60. The van der Waals surface area contributed by atoms with Crippen LogP contribution in [0, 0.1) is 11.8 Å². The zero-order chi connectivity index (χ0) is 21.7. The monoisotopic (exact) mass is 449 g/mol. The number of amides is 1. The number of nitrogens with one attached hydrogen (secondary N) is 1. The van der Waals surface area contributed by atoms with E-state index in [-0.39, 0.29) is 11.3 Å². The van der Waals surface area contributed by atoms with Crippen molar-refractivity contribution in [2.75, 3.05) is 19.6 Å². The Labute approximate surface area is 195 Å². The highest BCUT2D eigenvalue weighted by Crippen LogP contribution is 2.48.